The summed E-state index contributed by atoms with van der Waals surface area (Å²) in [6, 6.07) is 0.156. The van der Waals surface area contributed by atoms with Gasteiger partial charge in [-0.25, -0.2) is 9.78 Å². The Morgan fingerprint density at radius 1 is 1.52 bits per heavy atom. The molecule has 1 aromatic heterocycles. The molecule has 1 amide bonds. The van der Waals surface area contributed by atoms with Crippen molar-refractivity contribution < 1.29 is 19.8 Å². The molecule has 3 aliphatic rings. The maximum Gasteiger partial charge on any atom is 0.353 e. The molecular weight excluding hydrogens is 410 g/mol. The van der Waals surface area contributed by atoms with E-state index in [1.807, 2.05) is 12.3 Å². The highest BCUT2D eigenvalue weighted by Crippen LogP contribution is 2.52. The number of aliphatic hydroxyl groups is 1. The number of thioether (sulfide) groups is 1. The maximum atomic E-state index is 12.4. The molecule has 4 heterocycles. The molecule has 1 fully saturated rings. The summed E-state index contributed by atoms with van der Waals surface area (Å²) in [5, 5.41) is 25.2. The third-order valence-corrected chi connectivity index (χ3v) is 8.26. The highest BCUT2D eigenvalue weighted by atomic mass is 32.2. The van der Waals surface area contributed by atoms with Crippen molar-refractivity contribution in [1.29, 1.82) is 0 Å². The van der Waals surface area contributed by atoms with Gasteiger partial charge in [-0.05, 0) is 25.3 Å². The van der Waals surface area contributed by atoms with Gasteiger partial charge in [0, 0.05) is 28.8 Å². The monoisotopic (exact) mass is 435 g/mol. The van der Waals surface area contributed by atoms with Crippen LogP contribution in [0.4, 0.5) is 0 Å². The molecule has 0 saturated carbocycles. The van der Waals surface area contributed by atoms with Crippen LogP contribution in [0.15, 0.2) is 26.4 Å². The second-order valence-corrected chi connectivity index (χ2v) is 9.97. The van der Waals surface area contributed by atoms with E-state index in [2.05, 4.69) is 18.3 Å². The quantitative estimate of drug-likeness (QED) is 0.590. The van der Waals surface area contributed by atoms with Crippen molar-refractivity contribution in [2.75, 3.05) is 6.54 Å². The topological polar surface area (TPSA) is 103 Å². The number of carbonyl (C=O) groups is 2. The lowest BCUT2D eigenvalue weighted by Gasteiger charge is -2.46. The third-order valence-electron chi connectivity index (χ3n) is 6.03. The first-order valence-corrected chi connectivity index (χ1v) is 11.6. The number of thiazole rings is 1. The summed E-state index contributed by atoms with van der Waals surface area (Å²) >= 11 is 2.83. The largest absolute Gasteiger partial charge is 0.477 e. The average Bonchev–Trinajstić information content (AvgIpc) is 3.24. The number of hydrogen-bond acceptors (Lipinski definition) is 7. The molecule has 156 valence electrons. The summed E-state index contributed by atoms with van der Waals surface area (Å²) in [5.41, 5.74) is 2.21. The van der Waals surface area contributed by atoms with Gasteiger partial charge in [0.25, 0.3) is 0 Å². The Morgan fingerprint density at radius 2 is 2.28 bits per heavy atom. The van der Waals surface area contributed by atoms with E-state index in [1.54, 1.807) is 6.92 Å². The molecule has 0 unspecified atom stereocenters. The molecule has 1 saturated heterocycles. The van der Waals surface area contributed by atoms with Crippen molar-refractivity contribution >= 4 is 40.5 Å². The van der Waals surface area contributed by atoms with E-state index < -0.39 is 18.0 Å². The van der Waals surface area contributed by atoms with Crippen LogP contribution in [0.2, 0.25) is 0 Å². The van der Waals surface area contributed by atoms with E-state index in [0.29, 0.717) is 10.9 Å². The second kappa shape index (κ2) is 7.86. The lowest BCUT2D eigenvalue weighted by atomic mass is 9.79. The molecular formula is C20H25N3O4S2. The smallest absolute Gasteiger partial charge is 0.353 e. The minimum absolute atomic E-state index is 0.0401. The van der Waals surface area contributed by atoms with Crippen molar-refractivity contribution in [2.45, 2.75) is 56.1 Å². The third kappa shape index (κ3) is 3.43. The van der Waals surface area contributed by atoms with Crippen LogP contribution >= 0.6 is 23.1 Å². The van der Waals surface area contributed by atoms with Gasteiger partial charge in [0.05, 0.1) is 23.8 Å². The Balaban J connectivity index is 1.58. The highest BCUT2D eigenvalue weighted by molar-refractivity contribution is 8.04. The Hall–Kier alpha value is -1.68. The molecule has 5 atom stereocenters. The fourth-order valence-corrected chi connectivity index (χ4v) is 6.58. The molecule has 4 rings (SSSR count). The zero-order chi connectivity index (χ0) is 20.9. The standard InChI is InChI=1S/C20H25N3O4S2/c1-4-12-7-11(5-6-21-12)13-8-28-20(22-13)29-17-9(2)15-14(10(3)24)18(25)23(15)16(17)19(26)27/h5,8-10,12,14-15,21,24H,4,6-7H2,1-3H3,(H,26,27)/t9-,10-,12-,14-,15-/m1/s1. The van der Waals surface area contributed by atoms with Gasteiger partial charge < -0.3 is 20.4 Å². The number of aliphatic carboxylic acids is 1. The molecule has 3 N–H and O–H groups in total. The summed E-state index contributed by atoms with van der Waals surface area (Å²) in [7, 11) is 0. The van der Waals surface area contributed by atoms with Crippen LogP contribution < -0.4 is 5.32 Å². The van der Waals surface area contributed by atoms with Crippen LogP contribution in [0.1, 0.15) is 39.3 Å². The molecule has 29 heavy (non-hydrogen) atoms. The number of carbonyl (C=O) groups excluding carboxylic acids is 1. The minimum Gasteiger partial charge on any atom is -0.477 e. The summed E-state index contributed by atoms with van der Waals surface area (Å²) < 4.78 is 0.775. The highest BCUT2D eigenvalue weighted by Gasteiger charge is 2.60. The van der Waals surface area contributed by atoms with Gasteiger partial charge in [0.15, 0.2) is 4.34 Å². The fourth-order valence-electron chi connectivity index (χ4n) is 4.47. The minimum atomic E-state index is -1.11. The Morgan fingerprint density at radius 3 is 2.93 bits per heavy atom. The number of amides is 1. The van der Waals surface area contributed by atoms with Crippen molar-refractivity contribution in [3.05, 3.63) is 27.8 Å². The number of β-lactam (4-membered cyclic amide) rings is 1. The van der Waals surface area contributed by atoms with Gasteiger partial charge in [0.2, 0.25) is 5.91 Å². The molecule has 0 radical (unpaired) electrons. The van der Waals surface area contributed by atoms with Gasteiger partial charge in [-0.2, -0.15) is 0 Å². The van der Waals surface area contributed by atoms with Gasteiger partial charge in [-0.3, -0.25) is 4.79 Å². The number of rotatable bonds is 6. The van der Waals surface area contributed by atoms with Crippen LogP contribution in [0.25, 0.3) is 5.57 Å². The summed E-state index contributed by atoms with van der Waals surface area (Å²) in [4.78, 5) is 31.1. The van der Waals surface area contributed by atoms with Crippen molar-refractivity contribution in [3.63, 3.8) is 0 Å². The van der Waals surface area contributed by atoms with Gasteiger partial charge in [0.1, 0.15) is 5.70 Å². The molecule has 0 aliphatic carbocycles. The molecule has 0 bridgehead atoms. The SMILES string of the molecule is CC[C@@H]1CC(c2csc(SC3=C(C(=O)O)N4C(=O)[C@H]([C@@H](C)O)[C@H]4[C@H]3C)n2)=CCN1. The molecule has 9 heteroatoms. The summed E-state index contributed by atoms with van der Waals surface area (Å²) in [6.45, 7) is 6.50. The predicted molar refractivity (Wildman–Crippen MR) is 112 cm³/mol. The zero-order valence-corrected chi connectivity index (χ0v) is 18.2. The van der Waals surface area contributed by atoms with Crippen LogP contribution in [0, 0.1) is 11.8 Å². The Bertz CT molecular complexity index is 907. The van der Waals surface area contributed by atoms with Gasteiger partial charge in [-0.15, -0.1) is 11.3 Å². The summed E-state index contributed by atoms with van der Waals surface area (Å²) in [6.07, 6.45) is 3.36. The molecule has 0 aromatic carbocycles. The van der Waals surface area contributed by atoms with Crippen molar-refractivity contribution in [1.82, 2.24) is 15.2 Å². The van der Waals surface area contributed by atoms with Gasteiger partial charge in [-0.1, -0.05) is 31.7 Å². The molecule has 3 aliphatic heterocycles. The number of fused-ring (bicyclic) bond motifs is 1. The normalized spacial score (nSPS) is 30.1. The van der Waals surface area contributed by atoms with Crippen molar-refractivity contribution in [2.24, 2.45) is 11.8 Å². The molecule has 1 aromatic rings. The van der Waals surface area contributed by atoms with Crippen LogP contribution in [-0.2, 0) is 9.59 Å². The first-order valence-electron chi connectivity index (χ1n) is 9.88. The van der Waals surface area contributed by atoms with Crippen LogP contribution in [0.5, 0.6) is 0 Å². The van der Waals surface area contributed by atoms with E-state index in [9.17, 15) is 19.8 Å². The number of carboxylic acids is 1. The van der Waals surface area contributed by atoms with E-state index in [1.165, 1.54) is 33.6 Å². The first-order chi connectivity index (χ1) is 13.8. The van der Waals surface area contributed by atoms with Crippen LogP contribution in [-0.4, -0.2) is 56.7 Å². The number of aliphatic hydroxyl groups excluding tert-OH is 1. The number of aromatic nitrogens is 1. The molecule has 0 spiro atoms. The lowest BCUT2D eigenvalue weighted by molar-refractivity contribution is -0.163. The fraction of sp³-hybridized carbons (Fsp3) is 0.550. The van der Waals surface area contributed by atoms with Crippen LogP contribution in [0.3, 0.4) is 0 Å². The van der Waals surface area contributed by atoms with Crippen molar-refractivity contribution in [3.8, 4) is 0 Å². The van der Waals surface area contributed by atoms with E-state index >= 15 is 0 Å². The zero-order valence-electron chi connectivity index (χ0n) is 16.6. The number of hydrogen-bond donors (Lipinski definition) is 3. The predicted octanol–water partition coefficient (Wildman–Crippen LogP) is 2.54. The maximum absolute atomic E-state index is 12.4. The number of carboxylic acid groups (broad SMARTS) is 1. The first kappa shape index (κ1) is 20.6. The number of nitrogens with zero attached hydrogens (tertiary/aromatic N) is 2. The van der Waals surface area contributed by atoms with E-state index in [4.69, 9.17) is 4.98 Å². The average molecular weight is 436 g/mol. The second-order valence-electron chi connectivity index (χ2n) is 7.82. The number of nitrogens with one attached hydrogen (secondary N) is 1. The van der Waals surface area contributed by atoms with Gasteiger partial charge >= 0.3 is 5.97 Å². The van der Waals surface area contributed by atoms with E-state index in [0.717, 1.165) is 29.4 Å². The Labute approximate surface area is 177 Å². The Kier molecular flexibility index (Phi) is 5.58. The lowest BCUT2D eigenvalue weighted by Crippen LogP contribution is -2.63. The van der Waals surface area contributed by atoms with E-state index in [-0.39, 0.29) is 23.6 Å². The summed E-state index contributed by atoms with van der Waals surface area (Å²) in [5.74, 6) is -2.12. The molecule has 7 nitrogen and oxygen atoms in total.